The SMILES string of the molecule is COc1cc(/C=C2\SC(=Nc3ccc(Cl)cc3)N(c3ccc(Cl)cc3)C2=O)cc(Br)c1OCc1ccc(F)cc1. The normalized spacial score (nSPS) is 15.2. The standard InChI is InChI=1S/C30H20BrCl2FN2O3S/c1-38-26-15-19(14-25(31)28(26)39-17-18-2-8-22(34)9-3-18)16-27-29(37)36(24-12-6-21(33)7-13-24)30(40-27)35-23-10-4-20(32)5-11-23/h2-16H,17H2,1H3/b27-16-,35-30?. The molecule has 1 amide bonds. The second-order valence-electron chi connectivity index (χ2n) is 8.55. The van der Waals surface area contributed by atoms with Crippen molar-refractivity contribution in [2.24, 2.45) is 4.99 Å². The number of ether oxygens (including phenoxy) is 2. The van der Waals surface area contributed by atoms with Crippen molar-refractivity contribution in [3.63, 3.8) is 0 Å². The summed E-state index contributed by atoms with van der Waals surface area (Å²) in [6, 6.07) is 23.8. The van der Waals surface area contributed by atoms with Crippen molar-refractivity contribution < 1.29 is 18.7 Å². The minimum Gasteiger partial charge on any atom is -0.493 e. The number of halogens is 4. The van der Waals surface area contributed by atoms with Gasteiger partial charge in [0.05, 0.1) is 27.9 Å². The maximum Gasteiger partial charge on any atom is 0.271 e. The molecule has 202 valence electrons. The number of amides is 1. The predicted octanol–water partition coefficient (Wildman–Crippen LogP) is 9.29. The van der Waals surface area contributed by atoms with Crippen molar-refractivity contribution in [1.82, 2.24) is 0 Å². The topological polar surface area (TPSA) is 51.1 Å². The van der Waals surface area contributed by atoms with Gasteiger partial charge in [-0.15, -0.1) is 0 Å². The molecular formula is C30H20BrCl2FN2O3S. The fraction of sp³-hybridized carbons (Fsp3) is 0.0667. The molecule has 4 aromatic carbocycles. The van der Waals surface area contributed by atoms with E-state index in [1.807, 2.05) is 6.07 Å². The van der Waals surface area contributed by atoms with Gasteiger partial charge in [0, 0.05) is 10.0 Å². The van der Waals surface area contributed by atoms with Crippen LogP contribution in [0.3, 0.4) is 0 Å². The van der Waals surface area contributed by atoms with E-state index in [4.69, 9.17) is 37.7 Å². The Kier molecular flexibility index (Phi) is 8.81. The predicted molar refractivity (Wildman–Crippen MR) is 164 cm³/mol. The van der Waals surface area contributed by atoms with E-state index >= 15 is 0 Å². The Balaban J connectivity index is 1.46. The van der Waals surface area contributed by atoms with Crippen LogP contribution in [-0.2, 0) is 11.4 Å². The molecule has 0 aromatic heterocycles. The van der Waals surface area contributed by atoms with Crippen LogP contribution in [0, 0.1) is 5.82 Å². The van der Waals surface area contributed by atoms with Crippen LogP contribution in [0.15, 0.2) is 99.3 Å². The van der Waals surface area contributed by atoms with Crippen molar-refractivity contribution in [1.29, 1.82) is 0 Å². The van der Waals surface area contributed by atoms with E-state index in [0.717, 1.165) is 11.1 Å². The first kappa shape index (κ1) is 28.2. The highest BCUT2D eigenvalue weighted by molar-refractivity contribution is 9.10. The van der Waals surface area contributed by atoms with E-state index in [2.05, 4.69) is 15.9 Å². The Labute approximate surface area is 253 Å². The molecule has 1 heterocycles. The number of nitrogens with zero attached hydrogens (tertiary/aromatic N) is 2. The smallest absolute Gasteiger partial charge is 0.271 e. The van der Waals surface area contributed by atoms with Crippen molar-refractivity contribution in [3.05, 3.63) is 121 Å². The number of carbonyl (C=O) groups excluding carboxylic acids is 1. The monoisotopic (exact) mass is 656 g/mol. The third kappa shape index (κ3) is 6.53. The summed E-state index contributed by atoms with van der Waals surface area (Å²) in [5.74, 6) is 0.428. The summed E-state index contributed by atoms with van der Waals surface area (Å²) in [5.41, 5.74) is 2.83. The van der Waals surface area contributed by atoms with Crippen LogP contribution in [-0.4, -0.2) is 18.2 Å². The Morgan fingerprint density at radius 2 is 1.62 bits per heavy atom. The second kappa shape index (κ2) is 12.5. The largest absolute Gasteiger partial charge is 0.493 e. The zero-order chi connectivity index (χ0) is 28.2. The molecule has 5 nitrogen and oxygen atoms in total. The van der Waals surface area contributed by atoms with E-state index in [-0.39, 0.29) is 18.3 Å². The van der Waals surface area contributed by atoms with Crippen LogP contribution in [0.5, 0.6) is 11.5 Å². The fourth-order valence-electron chi connectivity index (χ4n) is 3.84. The number of rotatable bonds is 7. The van der Waals surface area contributed by atoms with Crippen molar-refractivity contribution in [2.45, 2.75) is 6.61 Å². The highest BCUT2D eigenvalue weighted by atomic mass is 79.9. The summed E-state index contributed by atoms with van der Waals surface area (Å²) in [6.45, 7) is 0.227. The molecule has 0 N–H and O–H groups in total. The molecule has 1 aliphatic heterocycles. The summed E-state index contributed by atoms with van der Waals surface area (Å²) in [7, 11) is 1.54. The summed E-state index contributed by atoms with van der Waals surface area (Å²) in [5, 5.41) is 1.65. The van der Waals surface area contributed by atoms with Gasteiger partial charge >= 0.3 is 0 Å². The number of hydrogen-bond donors (Lipinski definition) is 0. The number of benzene rings is 4. The average Bonchev–Trinajstić information content (AvgIpc) is 3.24. The van der Waals surface area contributed by atoms with E-state index in [1.54, 1.807) is 77.7 Å². The first-order chi connectivity index (χ1) is 19.3. The maximum atomic E-state index is 13.6. The van der Waals surface area contributed by atoms with Gasteiger partial charge in [-0.1, -0.05) is 35.3 Å². The van der Waals surface area contributed by atoms with Gasteiger partial charge in [-0.05, 0) is 118 Å². The Morgan fingerprint density at radius 1 is 0.975 bits per heavy atom. The summed E-state index contributed by atoms with van der Waals surface area (Å²) in [4.78, 5) is 20.4. The van der Waals surface area contributed by atoms with Crippen LogP contribution in [0.2, 0.25) is 10.0 Å². The second-order valence-corrected chi connectivity index (χ2v) is 11.3. The molecule has 0 radical (unpaired) electrons. The third-order valence-corrected chi connectivity index (χ3v) is 7.85. The molecule has 5 rings (SSSR count). The minimum atomic E-state index is -0.310. The van der Waals surface area contributed by atoms with Gasteiger partial charge in [0.25, 0.3) is 5.91 Å². The quantitative estimate of drug-likeness (QED) is 0.186. The molecule has 0 spiro atoms. The number of amidine groups is 1. The van der Waals surface area contributed by atoms with E-state index in [0.29, 0.717) is 47.5 Å². The van der Waals surface area contributed by atoms with Gasteiger partial charge in [-0.25, -0.2) is 9.38 Å². The van der Waals surface area contributed by atoms with Gasteiger partial charge in [0.2, 0.25) is 0 Å². The molecule has 0 aliphatic carbocycles. The van der Waals surface area contributed by atoms with Gasteiger partial charge in [0.15, 0.2) is 16.7 Å². The summed E-state index contributed by atoms with van der Waals surface area (Å²) >= 11 is 16.9. The van der Waals surface area contributed by atoms with Crippen LogP contribution >= 0.6 is 50.9 Å². The number of thioether (sulfide) groups is 1. The number of anilines is 1. The van der Waals surface area contributed by atoms with Crippen LogP contribution < -0.4 is 14.4 Å². The molecule has 40 heavy (non-hydrogen) atoms. The van der Waals surface area contributed by atoms with E-state index < -0.39 is 0 Å². The highest BCUT2D eigenvalue weighted by Gasteiger charge is 2.35. The zero-order valence-corrected chi connectivity index (χ0v) is 24.8. The van der Waals surface area contributed by atoms with E-state index in [9.17, 15) is 9.18 Å². The summed E-state index contributed by atoms with van der Waals surface area (Å²) in [6.07, 6.45) is 1.78. The fourth-order valence-corrected chi connectivity index (χ4v) is 5.67. The lowest BCUT2D eigenvalue weighted by atomic mass is 10.1. The third-order valence-electron chi connectivity index (χ3n) is 5.79. The number of methoxy groups -OCH3 is 1. The lowest BCUT2D eigenvalue weighted by molar-refractivity contribution is -0.113. The molecule has 0 atom stereocenters. The Hall–Kier alpha value is -3.30. The molecule has 10 heteroatoms. The minimum absolute atomic E-state index is 0.227. The number of aliphatic imine (C=N–C) groups is 1. The molecule has 0 bridgehead atoms. The first-order valence-electron chi connectivity index (χ1n) is 11.9. The van der Waals surface area contributed by atoms with Crippen molar-refractivity contribution in [3.8, 4) is 11.5 Å². The highest BCUT2D eigenvalue weighted by Crippen LogP contribution is 2.41. The molecule has 4 aromatic rings. The van der Waals surface area contributed by atoms with Crippen LogP contribution in [0.25, 0.3) is 6.08 Å². The van der Waals surface area contributed by atoms with Crippen LogP contribution in [0.1, 0.15) is 11.1 Å². The number of carbonyl (C=O) groups is 1. The molecule has 0 saturated carbocycles. The lowest BCUT2D eigenvalue weighted by Crippen LogP contribution is -2.28. The molecule has 1 aliphatic rings. The van der Waals surface area contributed by atoms with Gasteiger partial charge < -0.3 is 9.47 Å². The van der Waals surface area contributed by atoms with Crippen molar-refractivity contribution >= 4 is 79.4 Å². The summed E-state index contributed by atoms with van der Waals surface area (Å²) < 4.78 is 25.4. The van der Waals surface area contributed by atoms with E-state index in [1.165, 1.54) is 31.0 Å². The molecule has 0 unspecified atom stereocenters. The number of hydrogen-bond acceptors (Lipinski definition) is 5. The zero-order valence-electron chi connectivity index (χ0n) is 20.9. The first-order valence-corrected chi connectivity index (χ1v) is 14.3. The Morgan fingerprint density at radius 3 is 2.27 bits per heavy atom. The average molecular weight is 658 g/mol. The van der Waals surface area contributed by atoms with Gasteiger partial charge in [0.1, 0.15) is 12.4 Å². The van der Waals surface area contributed by atoms with Crippen LogP contribution in [0.4, 0.5) is 15.8 Å². The lowest BCUT2D eigenvalue weighted by Gasteiger charge is -2.15. The van der Waals surface area contributed by atoms with Gasteiger partial charge in [-0.3, -0.25) is 9.69 Å². The van der Waals surface area contributed by atoms with Gasteiger partial charge in [-0.2, -0.15) is 0 Å². The van der Waals surface area contributed by atoms with Crippen molar-refractivity contribution in [2.75, 3.05) is 12.0 Å². The maximum absolute atomic E-state index is 13.6. The Bertz CT molecular complexity index is 1610. The molecule has 1 saturated heterocycles. The molecule has 1 fully saturated rings. The molecular weight excluding hydrogens is 638 g/mol.